The Bertz CT molecular complexity index is 1260. The zero-order valence-electron chi connectivity index (χ0n) is 17.6. The molecule has 0 N–H and O–H groups in total. The van der Waals surface area contributed by atoms with Crippen LogP contribution in [0.4, 0.5) is 5.69 Å². The van der Waals surface area contributed by atoms with Crippen LogP contribution in [0.2, 0.25) is 0 Å². The number of aromatic nitrogens is 2. The number of ether oxygens (including phenoxy) is 1. The monoisotopic (exact) mass is 460 g/mol. The summed E-state index contributed by atoms with van der Waals surface area (Å²) in [5, 5.41) is 2.52. The largest absolute Gasteiger partial charge is 0.456 e. The molecular formula is C24H20N4O4S. The Hall–Kier alpha value is -3.85. The molecule has 2 amide bonds. The summed E-state index contributed by atoms with van der Waals surface area (Å²) in [6.07, 6.45) is 3.51. The number of benzene rings is 1. The highest BCUT2D eigenvalue weighted by atomic mass is 32.1. The molecule has 1 fully saturated rings. The Morgan fingerprint density at radius 2 is 2.03 bits per heavy atom. The first kappa shape index (κ1) is 21.0. The highest BCUT2D eigenvalue weighted by Gasteiger charge is 2.61. The SMILES string of the molecule is C=CCN1C(=O)c2ccccc2N2C(=O)CCC12C(=O)OCc1csc(-c2ccccn2)n1. The number of carbonyl (C=O) groups excluding carboxylic acids is 3. The van der Waals surface area contributed by atoms with E-state index in [0.717, 1.165) is 5.69 Å². The molecule has 2 aliphatic rings. The number of pyridine rings is 1. The van der Waals surface area contributed by atoms with Crippen LogP contribution in [0.5, 0.6) is 0 Å². The van der Waals surface area contributed by atoms with Gasteiger partial charge in [-0.1, -0.05) is 24.3 Å². The second-order valence-electron chi connectivity index (χ2n) is 7.70. The number of rotatable bonds is 6. The lowest BCUT2D eigenvalue weighted by Crippen LogP contribution is -2.68. The average Bonchev–Trinajstić information content (AvgIpc) is 3.46. The van der Waals surface area contributed by atoms with Gasteiger partial charge in [-0.15, -0.1) is 17.9 Å². The maximum atomic E-state index is 13.6. The van der Waals surface area contributed by atoms with Crippen molar-refractivity contribution >= 4 is 34.8 Å². The topological polar surface area (TPSA) is 92.7 Å². The zero-order valence-corrected chi connectivity index (χ0v) is 18.5. The van der Waals surface area contributed by atoms with E-state index >= 15 is 0 Å². The molecule has 9 heteroatoms. The quantitative estimate of drug-likeness (QED) is 0.413. The molecule has 1 saturated heterocycles. The molecule has 33 heavy (non-hydrogen) atoms. The van der Waals surface area contributed by atoms with Crippen molar-refractivity contribution in [1.29, 1.82) is 0 Å². The number of esters is 1. The van der Waals surface area contributed by atoms with Crippen molar-refractivity contribution in [3.63, 3.8) is 0 Å². The van der Waals surface area contributed by atoms with Crippen molar-refractivity contribution in [3.8, 4) is 10.7 Å². The molecule has 5 rings (SSSR count). The summed E-state index contributed by atoms with van der Waals surface area (Å²) < 4.78 is 5.67. The predicted octanol–water partition coefficient (Wildman–Crippen LogP) is 3.41. The summed E-state index contributed by atoms with van der Waals surface area (Å²) >= 11 is 1.40. The zero-order chi connectivity index (χ0) is 23.0. The van der Waals surface area contributed by atoms with Crippen molar-refractivity contribution in [2.24, 2.45) is 0 Å². The van der Waals surface area contributed by atoms with Gasteiger partial charge in [0.2, 0.25) is 11.6 Å². The Kier molecular flexibility index (Phi) is 5.26. The molecule has 2 aromatic heterocycles. The molecule has 166 valence electrons. The summed E-state index contributed by atoms with van der Waals surface area (Å²) in [7, 11) is 0. The van der Waals surface area contributed by atoms with E-state index in [2.05, 4.69) is 16.5 Å². The van der Waals surface area contributed by atoms with Gasteiger partial charge in [-0.05, 0) is 24.3 Å². The Morgan fingerprint density at radius 3 is 2.82 bits per heavy atom. The van der Waals surface area contributed by atoms with Crippen LogP contribution in [-0.4, -0.2) is 44.9 Å². The lowest BCUT2D eigenvalue weighted by molar-refractivity contribution is -0.158. The summed E-state index contributed by atoms with van der Waals surface area (Å²) in [5.74, 6) is -1.23. The number of hydrogen-bond donors (Lipinski definition) is 0. The van der Waals surface area contributed by atoms with Crippen LogP contribution in [-0.2, 0) is 20.9 Å². The van der Waals surface area contributed by atoms with Crippen molar-refractivity contribution in [3.05, 3.63) is 78.0 Å². The number of carbonyl (C=O) groups is 3. The molecule has 0 spiro atoms. The molecule has 0 saturated carbocycles. The average molecular weight is 461 g/mol. The van der Waals surface area contributed by atoms with Crippen LogP contribution in [0.15, 0.2) is 66.7 Å². The number of hydrogen-bond acceptors (Lipinski definition) is 7. The van der Waals surface area contributed by atoms with Crippen LogP contribution in [0.25, 0.3) is 10.7 Å². The predicted molar refractivity (Wildman–Crippen MR) is 122 cm³/mol. The maximum absolute atomic E-state index is 13.6. The highest BCUT2D eigenvalue weighted by molar-refractivity contribution is 7.13. The molecule has 4 heterocycles. The lowest BCUT2D eigenvalue weighted by atomic mass is 9.96. The molecule has 1 atom stereocenters. The summed E-state index contributed by atoms with van der Waals surface area (Å²) in [4.78, 5) is 51.4. The minimum Gasteiger partial charge on any atom is -0.456 e. The van der Waals surface area contributed by atoms with Crippen molar-refractivity contribution < 1.29 is 19.1 Å². The van der Waals surface area contributed by atoms with Gasteiger partial charge in [0, 0.05) is 31.0 Å². The first-order chi connectivity index (χ1) is 16.1. The molecule has 0 aliphatic carbocycles. The summed E-state index contributed by atoms with van der Waals surface area (Å²) in [5.41, 5.74) is 0.555. The third kappa shape index (κ3) is 3.32. The van der Waals surface area contributed by atoms with Crippen LogP contribution >= 0.6 is 11.3 Å². The molecule has 3 aromatic rings. The lowest BCUT2D eigenvalue weighted by Gasteiger charge is -2.48. The van der Waals surface area contributed by atoms with E-state index in [-0.39, 0.29) is 37.8 Å². The first-order valence-electron chi connectivity index (χ1n) is 10.4. The van der Waals surface area contributed by atoms with Crippen molar-refractivity contribution in [2.45, 2.75) is 25.1 Å². The Labute approximate surface area is 194 Å². The maximum Gasteiger partial charge on any atom is 0.354 e. The van der Waals surface area contributed by atoms with Crippen LogP contribution in [0.3, 0.4) is 0 Å². The van der Waals surface area contributed by atoms with Crippen molar-refractivity contribution in [2.75, 3.05) is 11.4 Å². The smallest absolute Gasteiger partial charge is 0.354 e. The molecule has 1 unspecified atom stereocenters. The standard InChI is InChI=1S/C24H20N4O4S/c1-2-13-27-22(30)17-7-3-4-9-19(17)28-20(29)10-11-24(27,28)23(31)32-14-16-15-33-21(26-16)18-8-5-6-12-25-18/h2-9,12,15H,1,10-11,13-14H2. The van der Waals surface area contributed by atoms with E-state index in [9.17, 15) is 14.4 Å². The van der Waals surface area contributed by atoms with Gasteiger partial charge in [0.1, 0.15) is 11.6 Å². The molecule has 0 bridgehead atoms. The van der Waals surface area contributed by atoms with Gasteiger partial charge in [-0.2, -0.15) is 0 Å². The number of para-hydroxylation sites is 1. The molecule has 0 radical (unpaired) electrons. The fourth-order valence-corrected chi connectivity index (χ4v) is 5.14. The van der Waals surface area contributed by atoms with Crippen molar-refractivity contribution in [1.82, 2.24) is 14.9 Å². The van der Waals surface area contributed by atoms with E-state index in [1.54, 1.807) is 41.9 Å². The van der Waals surface area contributed by atoms with Gasteiger partial charge >= 0.3 is 5.97 Å². The Balaban J connectivity index is 1.45. The Morgan fingerprint density at radius 1 is 1.21 bits per heavy atom. The molecule has 1 aromatic carbocycles. The van der Waals surface area contributed by atoms with E-state index < -0.39 is 11.6 Å². The van der Waals surface area contributed by atoms with Crippen LogP contribution < -0.4 is 4.90 Å². The minimum atomic E-state index is -1.55. The van der Waals surface area contributed by atoms with Gasteiger partial charge in [0.05, 0.1) is 22.6 Å². The van der Waals surface area contributed by atoms with Gasteiger partial charge in [0.25, 0.3) is 5.91 Å². The number of nitrogens with zero attached hydrogens (tertiary/aromatic N) is 4. The summed E-state index contributed by atoms with van der Waals surface area (Å²) in [6.45, 7) is 3.75. The minimum absolute atomic E-state index is 0.0796. The molecule has 8 nitrogen and oxygen atoms in total. The van der Waals surface area contributed by atoms with E-state index in [1.807, 2.05) is 18.2 Å². The first-order valence-corrected chi connectivity index (χ1v) is 11.3. The number of thiazole rings is 1. The fourth-order valence-electron chi connectivity index (χ4n) is 4.37. The van der Waals surface area contributed by atoms with E-state index in [0.29, 0.717) is 22.0 Å². The number of anilines is 1. The van der Waals surface area contributed by atoms with Crippen LogP contribution in [0, 0.1) is 0 Å². The normalized spacial score (nSPS) is 19.3. The second-order valence-corrected chi connectivity index (χ2v) is 8.56. The number of amides is 2. The fraction of sp³-hybridized carbons (Fsp3) is 0.208. The third-order valence-electron chi connectivity index (χ3n) is 5.80. The van der Waals surface area contributed by atoms with Gasteiger partial charge in [0.15, 0.2) is 0 Å². The summed E-state index contributed by atoms with van der Waals surface area (Å²) in [6, 6.07) is 12.4. The third-order valence-corrected chi connectivity index (χ3v) is 6.71. The molecular weight excluding hydrogens is 440 g/mol. The highest BCUT2D eigenvalue weighted by Crippen LogP contribution is 2.45. The second kappa shape index (κ2) is 8.25. The van der Waals surface area contributed by atoms with Gasteiger partial charge < -0.3 is 9.64 Å². The van der Waals surface area contributed by atoms with E-state index in [1.165, 1.54) is 21.1 Å². The molecule has 2 aliphatic heterocycles. The van der Waals surface area contributed by atoms with E-state index in [4.69, 9.17) is 4.74 Å². The number of fused-ring (bicyclic) bond motifs is 3. The van der Waals surface area contributed by atoms with Crippen LogP contribution in [0.1, 0.15) is 28.9 Å². The van der Waals surface area contributed by atoms with Gasteiger partial charge in [-0.3, -0.25) is 19.5 Å². The van der Waals surface area contributed by atoms with Gasteiger partial charge in [-0.25, -0.2) is 9.78 Å².